The van der Waals surface area contributed by atoms with Gasteiger partial charge >= 0.3 is 18.1 Å². The molecule has 2 aliphatic rings. The van der Waals surface area contributed by atoms with Crippen molar-refractivity contribution in [3.8, 4) is 34.3 Å². The summed E-state index contributed by atoms with van der Waals surface area (Å²) in [5.41, 5.74) is -0.403. The van der Waals surface area contributed by atoms with Crippen molar-refractivity contribution < 1.29 is 57.1 Å². The molecule has 1 spiro atoms. The van der Waals surface area contributed by atoms with Crippen LogP contribution in [0.4, 0.5) is 18.9 Å². The lowest BCUT2D eigenvalue weighted by atomic mass is 9.77. The second-order valence-electron chi connectivity index (χ2n) is 16.2. The number of carbonyl (C=O) groups excluding carboxylic acids is 3. The van der Waals surface area contributed by atoms with Gasteiger partial charge in [-0.15, -0.1) is 0 Å². The number of aromatic nitrogens is 2. The second kappa shape index (κ2) is 18.3. The number of carboxylic acid groups (broad SMARTS) is 1. The number of fused-ring (bicyclic) bond motifs is 7. The summed E-state index contributed by atoms with van der Waals surface area (Å²) in [6, 6.07) is 27.2. The summed E-state index contributed by atoms with van der Waals surface area (Å²) in [7, 11) is 0. The van der Waals surface area contributed by atoms with Crippen molar-refractivity contribution in [3.05, 3.63) is 165 Å². The Kier molecular flexibility index (Phi) is 12.2. The molecule has 350 valence electrons. The van der Waals surface area contributed by atoms with Crippen molar-refractivity contribution in [2.75, 3.05) is 18.4 Å². The molecule has 0 radical (unpaired) electrons. The van der Waals surface area contributed by atoms with Gasteiger partial charge in [0.1, 0.15) is 28.7 Å². The Labute approximate surface area is 400 Å². The minimum atomic E-state index is -4.92. The zero-order valence-corrected chi connectivity index (χ0v) is 37.4. The van der Waals surface area contributed by atoms with Crippen LogP contribution in [0.3, 0.4) is 0 Å². The fourth-order valence-electron chi connectivity index (χ4n) is 8.55. The molecule has 14 nitrogen and oxygen atoms in total. The Morgan fingerprint density at radius 2 is 1.41 bits per heavy atom. The molecule has 19 heteroatoms. The summed E-state index contributed by atoms with van der Waals surface area (Å²) in [4.78, 5) is 52.2. The Bertz CT molecular complexity index is 3220. The lowest BCUT2D eigenvalue weighted by Crippen LogP contribution is -2.33. The minimum absolute atomic E-state index is 0.0146. The Morgan fingerprint density at radius 1 is 0.768 bits per heavy atom. The van der Waals surface area contributed by atoms with E-state index in [1.165, 1.54) is 66.7 Å². The fraction of sp³-hybridized carbons (Fsp3) is 0.160. The summed E-state index contributed by atoms with van der Waals surface area (Å²) in [6.45, 7) is 0.827. The highest BCUT2D eigenvalue weighted by molar-refractivity contribution is 7.80. The second-order valence-corrected chi connectivity index (χ2v) is 17.0. The Morgan fingerprint density at radius 3 is 2.06 bits per heavy atom. The molecule has 9 rings (SSSR count). The number of anilines is 1. The number of aromatic carboxylic acids is 1. The van der Waals surface area contributed by atoms with Crippen molar-refractivity contribution in [2.45, 2.75) is 37.5 Å². The highest BCUT2D eigenvalue weighted by Crippen LogP contribution is 2.57. The maximum atomic E-state index is 14.1. The monoisotopic (exact) mass is 975 g/mol. The number of hydrogen-bond donors (Lipinski definition) is 6. The van der Waals surface area contributed by atoms with Crippen LogP contribution in [0.5, 0.6) is 23.0 Å². The number of aromatic hydroxyl groups is 2. The lowest BCUT2D eigenvalue weighted by Gasteiger charge is -2.36. The molecule has 2 aliphatic heterocycles. The van der Waals surface area contributed by atoms with Crippen molar-refractivity contribution in [1.82, 2.24) is 20.4 Å². The number of benzene rings is 6. The maximum Gasteiger partial charge on any atom is 0.417 e. The van der Waals surface area contributed by atoms with Gasteiger partial charge in [-0.05, 0) is 104 Å². The summed E-state index contributed by atoms with van der Waals surface area (Å²) in [6.07, 6.45) is -2.04. The van der Waals surface area contributed by atoms with Gasteiger partial charge in [0.2, 0.25) is 0 Å². The van der Waals surface area contributed by atoms with Crippen LogP contribution in [0, 0.1) is 0 Å². The predicted molar refractivity (Wildman–Crippen MR) is 251 cm³/mol. The Hall–Kier alpha value is -7.96. The molecule has 0 fully saturated rings. The minimum Gasteiger partial charge on any atom is -0.508 e. The summed E-state index contributed by atoms with van der Waals surface area (Å²) < 4.78 is 55.2. The molecule has 1 aromatic heterocycles. The quantitative estimate of drug-likeness (QED) is 0.0384. The average Bonchev–Trinajstić information content (AvgIpc) is 3.83. The molecule has 0 saturated carbocycles. The molecule has 0 aliphatic carbocycles. The van der Waals surface area contributed by atoms with Gasteiger partial charge in [0, 0.05) is 64.1 Å². The number of halogens is 4. The lowest BCUT2D eigenvalue weighted by molar-refractivity contribution is -0.137. The molecule has 0 bridgehead atoms. The third-order valence-electron chi connectivity index (χ3n) is 11.8. The van der Waals surface area contributed by atoms with Crippen LogP contribution >= 0.6 is 23.8 Å². The third-order valence-corrected chi connectivity index (χ3v) is 12.3. The van der Waals surface area contributed by atoms with E-state index >= 15 is 0 Å². The van der Waals surface area contributed by atoms with Crippen LogP contribution in [0.1, 0.15) is 89.4 Å². The van der Waals surface area contributed by atoms with Crippen LogP contribution in [-0.2, 0) is 16.5 Å². The number of ether oxygens (including phenoxy) is 2. The summed E-state index contributed by atoms with van der Waals surface area (Å²) in [5.74, 6) is -2.98. The van der Waals surface area contributed by atoms with E-state index in [0.717, 1.165) is 42.1 Å². The van der Waals surface area contributed by atoms with E-state index in [1.54, 1.807) is 30.3 Å². The largest absolute Gasteiger partial charge is 0.508 e. The number of rotatable bonds is 12. The fourth-order valence-corrected chi connectivity index (χ4v) is 9.02. The molecule has 0 saturated heterocycles. The zero-order chi connectivity index (χ0) is 48.8. The van der Waals surface area contributed by atoms with E-state index in [4.69, 9.17) is 33.3 Å². The van der Waals surface area contributed by atoms with Gasteiger partial charge in [-0.3, -0.25) is 9.59 Å². The van der Waals surface area contributed by atoms with Gasteiger partial charge < -0.3 is 40.7 Å². The van der Waals surface area contributed by atoms with Crippen LogP contribution in [0.2, 0.25) is 5.02 Å². The number of unbranched alkanes of at least 4 members (excludes halogenated alkanes) is 3. The molecule has 0 atom stereocenters. The van der Waals surface area contributed by atoms with Gasteiger partial charge in [-0.2, -0.15) is 23.0 Å². The van der Waals surface area contributed by atoms with Gasteiger partial charge in [0.25, 0.3) is 11.8 Å². The van der Waals surface area contributed by atoms with Crippen molar-refractivity contribution in [3.63, 3.8) is 0 Å². The number of carboxylic acids is 1. The van der Waals surface area contributed by atoms with Crippen LogP contribution in [-0.4, -0.2) is 67.1 Å². The smallest absolute Gasteiger partial charge is 0.417 e. The van der Waals surface area contributed by atoms with Crippen LogP contribution < -0.4 is 20.7 Å². The highest BCUT2D eigenvalue weighted by atomic mass is 35.5. The molecule has 0 unspecified atom stereocenters. The summed E-state index contributed by atoms with van der Waals surface area (Å²) >= 11 is 11.7. The molecule has 6 N–H and O–H groups in total. The van der Waals surface area contributed by atoms with Gasteiger partial charge in [-0.1, -0.05) is 48.7 Å². The number of alkyl halides is 3. The highest BCUT2D eigenvalue weighted by Gasteiger charge is 2.53. The normalized spacial score (nSPS) is 13.2. The van der Waals surface area contributed by atoms with E-state index in [-0.39, 0.29) is 45.3 Å². The average molecular weight is 976 g/mol. The van der Waals surface area contributed by atoms with Gasteiger partial charge in [0.15, 0.2) is 10.7 Å². The SMILES string of the molecule is O=C(O)c1ccc(-c2nn(C(=O)c3c(Cl)cccc3C(F)(F)F)c3cc(C(=O)NCCCCCCNC(=S)Nc4ccc5c(c4)C(=O)OC54c5ccc(O)cc5Oc5cc(O)ccc54)ccc23)cc1. The van der Waals surface area contributed by atoms with Crippen molar-refractivity contribution >= 4 is 69.3 Å². The number of phenolic OH excluding ortho intramolecular Hbond substituents is 2. The van der Waals surface area contributed by atoms with Crippen LogP contribution in [0.15, 0.2) is 115 Å². The first-order valence-electron chi connectivity index (χ1n) is 21.4. The van der Waals surface area contributed by atoms with E-state index in [0.29, 0.717) is 63.5 Å². The molecule has 6 aromatic carbocycles. The number of hydrogen-bond acceptors (Lipinski definition) is 10. The first-order chi connectivity index (χ1) is 33.0. The molecule has 69 heavy (non-hydrogen) atoms. The molecule has 3 heterocycles. The van der Waals surface area contributed by atoms with Crippen molar-refractivity contribution in [2.24, 2.45) is 0 Å². The summed E-state index contributed by atoms with van der Waals surface area (Å²) in [5, 5.41) is 43.4. The first kappa shape index (κ1) is 46.2. The third kappa shape index (κ3) is 8.75. The molecule has 7 aromatic rings. The zero-order valence-electron chi connectivity index (χ0n) is 35.8. The van der Waals surface area contributed by atoms with Gasteiger partial charge in [-0.25, -0.2) is 9.59 Å². The van der Waals surface area contributed by atoms with Crippen LogP contribution in [0.25, 0.3) is 22.2 Å². The molecular formula is C50H37ClF3N5O9S. The maximum absolute atomic E-state index is 14.1. The number of amides is 1. The Balaban J connectivity index is 0.802. The predicted octanol–water partition coefficient (Wildman–Crippen LogP) is 10.0. The van der Waals surface area contributed by atoms with E-state index in [2.05, 4.69) is 21.0 Å². The standard InChI is InChI=1S/C50H37ClF3N5O9S/c51-38-7-5-6-37(50(52,53)54)42(38)45(63)59-39-22-28(12-16-32(39)43(58-59)26-8-10-27(11-9-26)46(64)65)44(62)55-20-3-1-2-4-21-56-48(69)57-29-13-17-34-33(23-29)47(66)68-49(34)35-18-14-30(60)24-40(35)67-41-25-31(61)15-19-36(41)49/h5-19,22-25,60-61H,1-4,20-21H2,(H,55,62)(H,64,65)(H2,56,57,69). The molecule has 1 amide bonds. The number of phenols is 2. The number of nitrogens with one attached hydrogen (secondary N) is 3. The molecular weight excluding hydrogens is 939 g/mol. The number of thiocarbonyl (C=S) groups is 1. The topological polar surface area (TPSA) is 201 Å². The van der Waals surface area contributed by atoms with Gasteiger partial charge in [0.05, 0.1) is 32.8 Å². The number of nitrogens with zero attached hydrogens (tertiary/aromatic N) is 2. The first-order valence-corrected chi connectivity index (χ1v) is 22.1. The van der Waals surface area contributed by atoms with Crippen molar-refractivity contribution in [1.29, 1.82) is 0 Å². The van der Waals surface area contributed by atoms with E-state index in [9.17, 15) is 47.7 Å². The number of carbonyl (C=O) groups is 4. The van der Waals surface area contributed by atoms with E-state index in [1.807, 2.05) is 0 Å². The number of esters is 1. The van der Waals surface area contributed by atoms with E-state index < -0.39 is 51.7 Å².